The number of imide groups is 1. The quantitative estimate of drug-likeness (QED) is 0.865. The lowest BCUT2D eigenvalue weighted by molar-refractivity contribution is -0.125. The van der Waals surface area contributed by atoms with Crippen LogP contribution in [0.4, 0.5) is 0 Å². The van der Waals surface area contributed by atoms with Crippen LogP contribution in [0.1, 0.15) is 48.5 Å². The van der Waals surface area contributed by atoms with Gasteiger partial charge in [0.2, 0.25) is 11.8 Å². The van der Waals surface area contributed by atoms with Crippen LogP contribution in [0.25, 0.3) is 0 Å². The van der Waals surface area contributed by atoms with Crippen LogP contribution in [0.5, 0.6) is 0 Å². The van der Waals surface area contributed by atoms with Crippen LogP contribution in [0, 0.1) is 11.8 Å². The van der Waals surface area contributed by atoms with E-state index >= 15 is 0 Å². The third kappa shape index (κ3) is 3.83. The summed E-state index contributed by atoms with van der Waals surface area (Å²) >= 11 is 0. The SMILES string of the molecule is C[C@@H]1CCCN(C(=O)c2ccc(C[C@@H]3CC(=O)NC3=O)cc2)CC1. The van der Waals surface area contributed by atoms with Crippen molar-refractivity contribution in [2.45, 2.75) is 39.0 Å². The largest absolute Gasteiger partial charge is 0.339 e. The number of carbonyl (C=O) groups excluding carboxylic acids is 3. The first-order chi connectivity index (χ1) is 11.5. The molecule has 24 heavy (non-hydrogen) atoms. The van der Waals surface area contributed by atoms with E-state index in [-0.39, 0.29) is 30.1 Å². The summed E-state index contributed by atoms with van der Waals surface area (Å²) in [6, 6.07) is 7.45. The molecule has 1 N–H and O–H groups in total. The minimum Gasteiger partial charge on any atom is -0.339 e. The zero-order chi connectivity index (χ0) is 17.1. The standard InChI is InChI=1S/C19H24N2O3/c1-13-3-2-9-21(10-8-13)19(24)15-6-4-14(5-7-15)11-16-12-17(22)20-18(16)23/h4-7,13,16H,2-3,8-12H2,1H3,(H,20,22,23)/t13-,16-/m1/s1. The van der Waals surface area contributed by atoms with Gasteiger partial charge in [-0.25, -0.2) is 0 Å². The average molecular weight is 328 g/mol. The third-order valence-corrected chi connectivity index (χ3v) is 5.05. The number of carbonyl (C=O) groups is 3. The van der Waals surface area contributed by atoms with Gasteiger partial charge >= 0.3 is 0 Å². The fraction of sp³-hybridized carbons (Fsp3) is 0.526. The number of benzene rings is 1. The normalized spacial score (nSPS) is 24.6. The first-order valence-corrected chi connectivity index (χ1v) is 8.75. The maximum atomic E-state index is 12.6. The highest BCUT2D eigenvalue weighted by atomic mass is 16.2. The zero-order valence-corrected chi connectivity index (χ0v) is 14.1. The zero-order valence-electron chi connectivity index (χ0n) is 14.1. The second kappa shape index (κ2) is 7.16. The monoisotopic (exact) mass is 328 g/mol. The Labute approximate surface area is 142 Å². The van der Waals surface area contributed by atoms with Crippen LogP contribution in [0.3, 0.4) is 0 Å². The molecule has 5 heteroatoms. The fourth-order valence-corrected chi connectivity index (χ4v) is 3.49. The lowest BCUT2D eigenvalue weighted by Crippen LogP contribution is -2.32. The molecule has 2 aliphatic rings. The van der Waals surface area contributed by atoms with Crippen molar-refractivity contribution >= 4 is 17.7 Å². The van der Waals surface area contributed by atoms with Gasteiger partial charge in [-0.1, -0.05) is 19.1 Å². The number of hydrogen-bond acceptors (Lipinski definition) is 3. The molecule has 1 aromatic carbocycles. The molecule has 0 bridgehead atoms. The smallest absolute Gasteiger partial charge is 0.253 e. The molecule has 3 rings (SSSR count). The molecular weight excluding hydrogens is 304 g/mol. The van der Waals surface area contributed by atoms with E-state index < -0.39 is 0 Å². The summed E-state index contributed by atoms with van der Waals surface area (Å²) in [5.41, 5.74) is 1.67. The summed E-state index contributed by atoms with van der Waals surface area (Å²) in [5.74, 6) is 0.0899. The Morgan fingerprint density at radius 2 is 1.92 bits per heavy atom. The maximum Gasteiger partial charge on any atom is 0.253 e. The van der Waals surface area contributed by atoms with Gasteiger partial charge in [-0.2, -0.15) is 0 Å². The Morgan fingerprint density at radius 1 is 1.17 bits per heavy atom. The van der Waals surface area contributed by atoms with Gasteiger partial charge in [0.25, 0.3) is 5.91 Å². The second-order valence-corrected chi connectivity index (χ2v) is 7.04. The number of likely N-dealkylation sites (tertiary alicyclic amines) is 1. The molecule has 0 saturated carbocycles. The predicted octanol–water partition coefficient (Wildman–Crippen LogP) is 2.15. The van der Waals surface area contributed by atoms with Crippen LogP contribution in [-0.4, -0.2) is 35.7 Å². The van der Waals surface area contributed by atoms with Crippen molar-refractivity contribution < 1.29 is 14.4 Å². The van der Waals surface area contributed by atoms with Crippen LogP contribution in [-0.2, 0) is 16.0 Å². The second-order valence-electron chi connectivity index (χ2n) is 7.04. The molecule has 2 atom stereocenters. The van der Waals surface area contributed by atoms with Crippen molar-refractivity contribution in [3.05, 3.63) is 35.4 Å². The van der Waals surface area contributed by atoms with E-state index in [1.165, 1.54) is 6.42 Å². The summed E-state index contributed by atoms with van der Waals surface area (Å²) in [4.78, 5) is 37.5. The number of amides is 3. The van der Waals surface area contributed by atoms with Gasteiger partial charge in [0.15, 0.2) is 0 Å². The molecule has 0 radical (unpaired) electrons. The molecule has 128 valence electrons. The molecule has 0 aliphatic carbocycles. The summed E-state index contributed by atoms with van der Waals surface area (Å²) in [7, 11) is 0. The van der Waals surface area contributed by atoms with E-state index in [0.29, 0.717) is 17.9 Å². The number of rotatable bonds is 3. The van der Waals surface area contributed by atoms with Gasteiger partial charge < -0.3 is 4.90 Å². The van der Waals surface area contributed by atoms with Crippen molar-refractivity contribution in [2.24, 2.45) is 11.8 Å². The van der Waals surface area contributed by atoms with E-state index in [9.17, 15) is 14.4 Å². The Kier molecular flexibility index (Phi) is 4.97. The highest BCUT2D eigenvalue weighted by Crippen LogP contribution is 2.20. The minimum atomic E-state index is -0.286. The van der Waals surface area contributed by atoms with Crippen molar-refractivity contribution in [1.82, 2.24) is 10.2 Å². The summed E-state index contributed by atoms with van der Waals surface area (Å²) in [6.07, 6.45) is 4.11. The highest BCUT2D eigenvalue weighted by molar-refractivity contribution is 6.03. The molecule has 2 saturated heterocycles. The summed E-state index contributed by atoms with van der Waals surface area (Å²) < 4.78 is 0. The van der Waals surface area contributed by atoms with Crippen molar-refractivity contribution in [1.29, 1.82) is 0 Å². The molecule has 0 spiro atoms. The van der Waals surface area contributed by atoms with Crippen LogP contribution >= 0.6 is 0 Å². The Morgan fingerprint density at radius 3 is 2.58 bits per heavy atom. The Bertz CT molecular complexity index is 639. The predicted molar refractivity (Wildman–Crippen MR) is 90.3 cm³/mol. The molecule has 2 aliphatic heterocycles. The number of nitrogens with zero attached hydrogens (tertiary/aromatic N) is 1. The van der Waals surface area contributed by atoms with Gasteiger partial charge in [0, 0.05) is 25.1 Å². The lowest BCUT2D eigenvalue weighted by Gasteiger charge is -2.20. The Balaban J connectivity index is 1.62. The van der Waals surface area contributed by atoms with Crippen LogP contribution in [0.2, 0.25) is 0 Å². The van der Waals surface area contributed by atoms with E-state index in [2.05, 4.69) is 12.2 Å². The van der Waals surface area contributed by atoms with Gasteiger partial charge in [-0.15, -0.1) is 0 Å². The Hall–Kier alpha value is -2.17. The topological polar surface area (TPSA) is 66.5 Å². The van der Waals surface area contributed by atoms with Crippen molar-refractivity contribution in [3.63, 3.8) is 0 Å². The van der Waals surface area contributed by atoms with Crippen LogP contribution in [0.15, 0.2) is 24.3 Å². The van der Waals surface area contributed by atoms with E-state index in [0.717, 1.165) is 31.5 Å². The molecule has 3 amide bonds. The number of hydrogen-bond donors (Lipinski definition) is 1. The third-order valence-electron chi connectivity index (χ3n) is 5.05. The molecule has 5 nitrogen and oxygen atoms in total. The van der Waals surface area contributed by atoms with Gasteiger partial charge in [-0.3, -0.25) is 19.7 Å². The van der Waals surface area contributed by atoms with Gasteiger partial charge in [-0.05, 0) is 49.3 Å². The lowest BCUT2D eigenvalue weighted by atomic mass is 9.97. The molecule has 1 aromatic rings. The minimum absolute atomic E-state index is 0.0874. The first kappa shape index (κ1) is 16.7. The molecule has 2 fully saturated rings. The first-order valence-electron chi connectivity index (χ1n) is 8.75. The molecule has 0 unspecified atom stereocenters. The van der Waals surface area contributed by atoms with E-state index in [1.807, 2.05) is 29.2 Å². The van der Waals surface area contributed by atoms with E-state index in [1.54, 1.807) is 0 Å². The van der Waals surface area contributed by atoms with Crippen molar-refractivity contribution in [2.75, 3.05) is 13.1 Å². The van der Waals surface area contributed by atoms with E-state index in [4.69, 9.17) is 0 Å². The molecule has 0 aromatic heterocycles. The van der Waals surface area contributed by atoms with Gasteiger partial charge in [0.05, 0.1) is 5.92 Å². The van der Waals surface area contributed by atoms with Crippen molar-refractivity contribution in [3.8, 4) is 0 Å². The molecular formula is C19H24N2O3. The van der Waals surface area contributed by atoms with Crippen LogP contribution < -0.4 is 5.32 Å². The van der Waals surface area contributed by atoms with Gasteiger partial charge in [0.1, 0.15) is 0 Å². The number of nitrogens with one attached hydrogen (secondary N) is 1. The fourth-order valence-electron chi connectivity index (χ4n) is 3.49. The molecule has 2 heterocycles. The average Bonchev–Trinajstić information content (AvgIpc) is 2.74. The maximum absolute atomic E-state index is 12.6. The summed E-state index contributed by atoms with van der Waals surface area (Å²) in [6.45, 7) is 3.90. The highest BCUT2D eigenvalue weighted by Gasteiger charge is 2.30. The summed E-state index contributed by atoms with van der Waals surface area (Å²) in [5, 5.41) is 2.33.